The molecule has 5 atom stereocenters. The molecule has 2 rings (SSSR count). The maximum atomic E-state index is 11.1. The molecule has 106 valence electrons. The summed E-state index contributed by atoms with van der Waals surface area (Å²) in [6.45, 7) is 7.76. The lowest BCUT2D eigenvalue weighted by molar-refractivity contribution is -0.194. The van der Waals surface area contributed by atoms with E-state index in [0.717, 1.165) is 18.8 Å². The van der Waals surface area contributed by atoms with E-state index in [1.165, 1.54) is 12.8 Å². The third-order valence-electron chi connectivity index (χ3n) is 4.63. The van der Waals surface area contributed by atoms with Crippen molar-refractivity contribution < 1.29 is 8.95 Å². The van der Waals surface area contributed by atoms with Crippen LogP contribution in [0.4, 0.5) is 0 Å². The van der Waals surface area contributed by atoms with E-state index in [2.05, 4.69) is 26.1 Å². The Kier molecular flexibility index (Phi) is 4.50. The van der Waals surface area contributed by atoms with Gasteiger partial charge in [-0.05, 0) is 26.2 Å². The fourth-order valence-corrected chi connectivity index (χ4v) is 4.28. The van der Waals surface area contributed by atoms with Crippen molar-refractivity contribution >= 4 is 10.8 Å². The minimum atomic E-state index is -0.677. The molecule has 3 nitrogen and oxygen atoms in total. The van der Waals surface area contributed by atoms with Gasteiger partial charge in [-0.2, -0.15) is 0 Å². The first kappa shape index (κ1) is 14.5. The summed E-state index contributed by atoms with van der Waals surface area (Å²) in [4.78, 5) is 0. The molecule has 18 heavy (non-hydrogen) atoms. The van der Waals surface area contributed by atoms with Crippen LogP contribution >= 0.6 is 0 Å². The average molecular weight is 273 g/mol. The van der Waals surface area contributed by atoms with Gasteiger partial charge in [0.05, 0.1) is 6.10 Å². The number of fused-ring (bicyclic) bond motifs is 1. The number of hydrogen-bond acceptors (Lipinski definition) is 3. The predicted molar refractivity (Wildman–Crippen MR) is 76.2 cm³/mol. The Morgan fingerprint density at radius 3 is 2.89 bits per heavy atom. The summed E-state index contributed by atoms with van der Waals surface area (Å²) in [5.41, 5.74) is 0.241. The molecular weight excluding hydrogens is 246 g/mol. The number of rotatable bonds is 5. The topological polar surface area (TPSA) is 38.3 Å². The largest absolute Gasteiger partial charge is 0.377 e. The monoisotopic (exact) mass is 273 g/mol. The molecule has 1 aliphatic carbocycles. The van der Waals surface area contributed by atoms with Gasteiger partial charge in [-0.1, -0.05) is 13.8 Å². The minimum Gasteiger partial charge on any atom is -0.377 e. The van der Waals surface area contributed by atoms with E-state index in [-0.39, 0.29) is 5.41 Å². The van der Waals surface area contributed by atoms with Crippen LogP contribution in [0.25, 0.3) is 0 Å². The van der Waals surface area contributed by atoms with E-state index in [1.807, 2.05) is 0 Å². The molecule has 0 aromatic heterocycles. The highest BCUT2D eigenvalue weighted by atomic mass is 32.2. The predicted octanol–water partition coefficient (Wildman–Crippen LogP) is 1.94. The molecule has 1 N–H and O–H groups in total. The number of hydrogen-bond donors (Lipinski definition) is 1. The van der Waals surface area contributed by atoms with Crippen molar-refractivity contribution in [3.8, 4) is 0 Å². The number of nitrogens with one attached hydrogen (secondary N) is 1. The molecule has 0 amide bonds. The van der Waals surface area contributed by atoms with E-state index in [4.69, 9.17) is 4.74 Å². The third kappa shape index (κ3) is 2.81. The Morgan fingerprint density at radius 1 is 1.50 bits per heavy atom. The van der Waals surface area contributed by atoms with Crippen LogP contribution in [0.15, 0.2) is 0 Å². The lowest BCUT2D eigenvalue weighted by Crippen LogP contribution is -2.70. The highest BCUT2D eigenvalue weighted by Crippen LogP contribution is 2.51. The Morgan fingerprint density at radius 2 is 2.22 bits per heavy atom. The summed E-state index contributed by atoms with van der Waals surface area (Å²) in [5.74, 6) is 1.48. The molecule has 1 saturated carbocycles. The van der Waals surface area contributed by atoms with Crippen molar-refractivity contribution in [3.63, 3.8) is 0 Å². The molecule has 2 aliphatic rings. The van der Waals surface area contributed by atoms with E-state index in [0.29, 0.717) is 24.1 Å². The van der Waals surface area contributed by atoms with E-state index in [1.54, 1.807) is 6.26 Å². The van der Waals surface area contributed by atoms with E-state index < -0.39 is 10.8 Å². The van der Waals surface area contributed by atoms with Gasteiger partial charge < -0.3 is 10.1 Å². The smallest absolute Gasteiger partial charge is 0.0684 e. The minimum absolute atomic E-state index is 0.241. The summed E-state index contributed by atoms with van der Waals surface area (Å²) in [7, 11) is -0.677. The first-order valence-electron chi connectivity index (χ1n) is 7.10. The Bertz CT molecular complexity index is 319. The molecule has 0 spiro atoms. The molecule has 0 bridgehead atoms. The second kappa shape index (κ2) is 5.59. The van der Waals surface area contributed by atoms with Crippen LogP contribution < -0.4 is 5.32 Å². The first-order valence-corrected chi connectivity index (χ1v) is 8.83. The zero-order chi connectivity index (χ0) is 13.3. The summed E-state index contributed by atoms with van der Waals surface area (Å²) >= 11 is 0. The van der Waals surface area contributed by atoms with Gasteiger partial charge in [0.1, 0.15) is 0 Å². The molecule has 4 heteroatoms. The van der Waals surface area contributed by atoms with Crippen LogP contribution in [0.2, 0.25) is 0 Å². The van der Waals surface area contributed by atoms with Gasteiger partial charge in [0.2, 0.25) is 0 Å². The van der Waals surface area contributed by atoms with Crippen LogP contribution in [-0.4, -0.2) is 41.0 Å². The molecule has 0 aromatic rings. The lowest BCUT2D eigenvalue weighted by Gasteiger charge is -2.60. The molecule has 1 aliphatic heterocycles. The van der Waals surface area contributed by atoms with Crippen molar-refractivity contribution in [3.05, 3.63) is 0 Å². The summed E-state index contributed by atoms with van der Waals surface area (Å²) < 4.78 is 17.0. The Hall–Kier alpha value is 0.0700. The van der Waals surface area contributed by atoms with E-state index >= 15 is 0 Å². The second-order valence-electron chi connectivity index (χ2n) is 6.53. The zero-order valence-corrected chi connectivity index (χ0v) is 12.9. The van der Waals surface area contributed by atoms with Gasteiger partial charge in [0, 0.05) is 52.8 Å². The van der Waals surface area contributed by atoms with Crippen molar-refractivity contribution in [1.29, 1.82) is 0 Å². The van der Waals surface area contributed by atoms with Crippen LogP contribution in [-0.2, 0) is 15.5 Å². The normalized spacial score (nSPS) is 37.4. The highest BCUT2D eigenvalue weighted by molar-refractivity contribution is 7.84. The van der Waals surface area contributed by atoms with Gasteiger partial charge in [-0.15, -0.1) is 0 Å². The Labute approximate surface area is 114 Å². The first-order chi connectivity index (χ1) is 8.43. The third-order valence-corrected chi connectivity index (χ3v) is 5.44. The summed E-state index contributed by atoms with van der Waals surface area (Å²) in [5, 5.41) is 3.75. The van der Waals surface area contributed by atoms with Gasteiger partial charge in [0.25, 0.3) is 0 Å². The zero-order valence-electron chi connectivity index (χ0n) is 12.1. The van der Waals surface area contributed by atoms with Crippen molar-refractivity contribution in [2.45, 2.75) is 58.2 Å². The van der Waals surface area contributed by atoms with Crippen molar-refractivity contribution in [2.75, 3.05) is 18.6 Å². The second-order valence-corrected chi connectivity index (χ2v) is 8.08. The summed E-state index contributed by atoms with van der Waals surface area (Å²) in [6.07, 6.45) is 5.70. The standard InChI is InChI=1S/C14H27NO2S/c1-10(7-9-18(4)16)15-12-11-6-5-8-17-13(11)14(12,2)3/h10-13,15H,5-9H2,1-4H3. The van der Waals surface area contributed by atoms with Gasteiger partial charge >= 0.3 is 0 Å². The number of ether oxygens (including phenoxy) is 1. The fraction of sp³-hybridized carbons (Fsp3) is 1.00. The molecule has 1 saturated heterocycles. The average Bonchev–Trinajstić information content (AvgIpc) is 2.33. The molecule has 2 fully saturated rings. The van der Waals surface area contributed by atoms with Crippen molar-refractivity contribution in [2.24, 2.45) is 11.3 Å². The molecule has 1 heterocycles. The summed E-state index contributed by atoms with van der Waals surface area (Å²) in [6, 6.07) is 1.00. The van der Waals surface area contributed by atoms with Crippen LogP contribution in [0.3, 0.4) is 0 Å². The van der Waals surface area contributed by atoms with Crippen LogP contribution in [0.5, 0.6) is 0 Å². The lowest BCUT2D eigenvalue weighted by atomic mass is 9.55. The molecule has 0 aromatic carbocycles. The van der Waals surface area contributed by atoms with Crippen molar-refractivity contribution in [1.82, 2.24) is 5.32 Å². The van der Waals surface area contributed by atoms with E-state index in [9.17, 15) is 4.21 Å². The van der Waals surface area contributed by atoms with Crippen LogP contribution in [0, 0.1) is 11.3 Å². The fourth-order valence-electron chi connectivity index (χ4n) is 3.59. The highest BCUT2D eigenvalue weighted by Gasteiger charge is 2.57. The van der Waals surface area contributed by atoms with Crippen LogP contribution in [0.1, 0.15) is 40.0 Å². The Balaban J connectivity index is 1.86. The molecular formula is C14H27NO2S. The SMILES string of the molecule is CC(CCS(C)=O)NC1C2CCCOC2C1(C)C. The van der Waals surface area contributed by atoms with Gasteiger partial charge in [-0.3, -0.25) is 4.21 Å². The van der Waals surface area contributed by atoms with Gasteiger partial charge in [-0.25, -0.2) is 0 Å². The van der Waals surface area contributed by atoms with Gasteiger partial charge in [0.15, 0.2) is 0 Å². The molecule has 0 radical (unpaired) electrons. The molecule has 5 unspecified atom stereocenters. The maximum Gasteiger partial charge on any atom is 0.0684 e. The maximum absolute atomic E-state index is 11.1. The quantitative estimate of drug-likeness (QED) is 0.832.